The monoisotopic (exact) mass is 301 g/mol. The maximum absolute atomic E-state index is 5.28. The molecular formula is C12H20BrN3O. The molecule has 0 saturated heterocycles. The lowest BCUT2D eigenvalue weighted by Gasteiger charge is -2.16. The van der Waals surface area contributed by atoms with E-state index in [1.807, 2.05) is 13.8 Å². The summed E-state index contributed by atoms with van der Waals surface area (Å²) in [5.74, 6) is 1.90. The highest BCUT2D eigenvalue weighted by atomic mass is 79.9. The molecule has 1 N–H and O–H groups in total. The highest BCUT2D eigenvalue weighted by Crippen LogP contribution is 2.30. The average molecular weight is 302 g/mol. The smallest absolute Gasteiger partial charge is 0.159 e. The standard InChI is InChI=1S/C12H20BrN3O/c1-6-14-12-9(13)10(7(2)3)15-11(16-12)8(4)17-5/h7-8H,6H2,1-5H3,(H,14,15,16). The van der Waals surface area contributed by atoms with E-state index in [1.54, 1.807) is 7.11 Å². The van der Waals surface area contributed by atoms with Gasteiger partial charge in [0, 0.05) is 13.7 Å². The number of anilines is 1. The van der Waals surface area contributed by atoms with E-state index in [0.717, 1.165) is 28.4 Å². The van der Waals surface area contributed by atoms with Crippen molar-refractivity contribution >= 4 is 21.7 Å². The van der Waals surface area contributed by atoms with Crippen LogP contribution >= 0.6 is 15.9 Å². The van der Waals surface area contributed by atoms with Gasteiger partial charge in [-0.15, -0.1) is 0 Å². The number of ether oxygens (including phenoxy) is 1. The first-order valence-electron chi connectivity index (χ1n) is 5.85. The van der Waals surface area contributed by atoms with Crippen molar-refractivity contribution in [1.82, 2.24) is 9.97 Å². The van der Waals surface area contributed by atoms with Gasteiger partial charge in [-0.3, -0.25) is 0 Å². The lowest BCUT2D eigenvalue weighted by atomic mass is 10.1. The normalized spacial score (nSPS) is 12.9. The van der Waals surface area contributed by atoms with Crippen LogP contribution in [0, 0.1) is 0 Å². The summed E-state index contributed by atoms with van der Waals surface area (Å²) in [6, 6.07) is 0. The summed E-state index contributed by atoms with van der Waals surface area (Å²) in [6.45, 7) is 9.05. The van der Waals surface area contributed by atoms with Crippen molar-refractivity contribution in [3.8, 4) is 0 Å². The first-order valence-corrected chi connectivity index (χ1v) is 6.64. The number of rotatable bonds is 5. The van der Waals surface area contributed by atoms with Crippen LogP contribution in [-0.4, -0.2) is 23.6 Å². The Morgan fingerprint density at radius 3 is 2.41 bits per heavy atom. The third kappa shape index (κ3) is 3.39. The van der Waals surface area contributed by atoms with Gasteiger partial charge in [0.25, 0.3) is 0 Å². The van der Waals surface area contributed by atoms with Gasteiger partial charge in [-0.1, -0.05) is 13.8 Å². The Morgan fingerprint density at radius 1 is 1.29 bits per heavy atom. The van der Waals surface area contributed by atoms with Crippen LogP contribution in [0.3, 0.4) is 0 Å². The third-order valence-electron chi connectivity index (χ3n) is 2.50. The van der Waals surface area contributed by atoms with Gasteiger partial charge in [0.05, 0.1) is 10.2 Å². The van der Waals surface area contributed by atoms with Crippen molar-refractivity contribution in [3.63, 3.8) is 0 Å². The molecular weight excluding hydrogens is 282 g/mol. The summed E-state index contributed by atoms with van der Waals surface area (Å²) in [5.41, 5.74) is 1.01. The second-order valence-corrected chi connectivity index (χ2v) is 4.99. The molecule has 4 nitrogen and oxygen atoms in total. The first kappa shape index (κ1) is 14.4. The van der Waals surface area contributed by atoms with Crippen molar-refractivity contribution in [2.24, 2.45) is 0 Å². The predicted octanol–water partition coefficient (Wildman–Crippen LogP) is 3.50. The molecule has 1 atom stereocenters. The third-order valence-corrected chi connectivity index (χ3v) is 3.28. The predicted molar refractivity (Wildman–Crippen MR) is 73.4 cm³/mol. The van der Waals surface area contributed by atoms with E-state index in [-0.39, 0.29) is 6.10 Å². The first-order chi connectivity index (χ1) is 8.01. The largest absolute Gasteiger partial charge is 0.374 e. The molecule has 0 fully saturated rings. The summed E-state index contributed by atoms with van der Waals surface area (Å²) < 4.78 is 6.22. The molecule has 1 heterocycles. The SMILES string of the molecule is CCNc1nc(C(C)OC)nc(C(C)C)c1Br. The molecule has 96 valence electrons. The number of halogens is 1. The Labute approximate surface area is 111 Å². The number of nitrogens with zero attached hydrogens (tertiary/aromatic N) is 2. The van der Waals surface area contributed by atoms with Crippen molar-refractivity contribution < 1.29 is 4.74 Å². The molecule has 0 aliphatic rings. The molecule has 0 aromatic carbocycles. The fraction of sp³-hybridized carbons (Fsp3) is 0.667. The van der Waals surface area contributed by atoms with E-state index in [9.17, 15) is 0 Å². The van der Waals surface area contributed by atoms with Gasteiger partial charge in [0.15, 0.2) is 5.82 Å². The lowest BCUT2D eigenvalue weighted by Crippen LogP contribution is -2.11. The highest BCUT2D eigenvalue weighted by molar-refractivity contribution is 9.10. The number of nitrogens with one attached hydrogen (secondary N) is 1. The quantitative estimate of drug-likeness (QED) is 0.904. The number of methoxy groups -OCH3 is 1. The lowest BCUT2D eigenvalue weighted by molar-refractivity contribution is 0.112. The van der Waals surface area contributed by atoms with E-state index in [4.69, 9.17) is 4.74 Å². The molecule has 0 radical (unpaired) electrons. The molecule has 0 aliphatic heterocycles. The van der Waals surface area contributed by atoms with Crippen LogP contribution in [0.2, 0.25) is 0 Å². The molecule has 1 unspecified atom stereocenters. The summed E-state index contributed by atoms with van der Waals surface area (Å²) in [7, 11) is 1.66. The van der Waals surface area contributed by atoms with Crippen LogP contribution in [0.15, 0.2) is 4.47 Å². The summed E-state index contributed by atoms with van der Waals surface area (Å²) in [5, 5.41) is 3.24. The van der Waals surface area contributed by atoms with Crippen LogP contribution in [-0.2, 0) is 4.74 Å². The number of hydrogen-bond acceptors (Lipinski definition) is 4. The summed E-state index contributed by atoms with van der Waals surface area (Å²) >= 11 is 3.56. The second kappa shape index (κ2) is 6.31. The van der Waals surface area contributed by atoms with Gasteiger partial charge < -0.3 is 10.1 Å². The zero-order chi connectivity index (χ0) is 13.0. The minimum Gasteiger partial charge on any atom is -0.374 e. The molecule has 5 heteroatoms. The van der Waals surface area contributed by atoms with E-state index in [2.05, 4.69) is 45.1 Å². The molecule has 0 aliphatic carbocycles. The van der Waals surface area contributed by atoms with Gasteiger partial charge in [0.1, 0.15) is 11.9 Å². The Morgan fingerprint density at radius 2 is 1.94 bits per heavy atom. The summed E-state index contributed by atoms with van der Waals surface area (Å²) in [6.07, 6.45) is -0.0991. The van der Waals surface area contributed by atoms with Gasteiger partial charge in [0.2, 0.25) is 0 Å². The second-order valence-electron chi connectivity index (χ2n) is 4.19. The number of hydrogen-bond donors (Lipinski definition) is 1. The Balaban J connectivity index is 3.26. The Kier molecular flexibility index (Phi) is 5.33. The van der Waals surface area contributed by atoms with Crippen molar-refractivity contribution in [2.75, 3.05) is 19.0 Å². The molecule has 0 bridgehead atoms. The van der Waals surface area contributed by atoms with Crippen molar-refractivity contribution in [1.29, 1.82) is 0 Å². The maximum atomic E-state index is 5.28. The van der Waals surface area contributed by atoms with E-state index in [0.29, 0.717) is 5.92 Å². The Bertz CT molecular complexity index is 382. The minimum absolute atomic E-state index is 0.0991. The average Bonchev–Trinajstić information content (AvgIpc) is 2.30. The van der Waals surface area contributed by atoms with Crippen LogP contribution in [0.25, 0.3) is 0 Å². The zero-order valence-electron chi connectivity index (χ0n) is 11.0. The van der Waals surface area contributed by atoms with Crippen molar-refractivity contribution in [3.05, 3.63) is 16.0 Å². The molecule has 0 saturated carbocycles. The molecule has 0 amide bonds. The van der Waals surface area contributed by atoms with E-state index in [1.165, 1.54) is 0 Å². The van der Waals surface area contributed by atoms with Gasteiger partial charge >= 0.3 is 0 Å². The van der Waals surface area contributed by atoms with Gasteiger partial charge in [-0.25, -0.2) is 9.97 Å². The van der Waals surface area contributed by atoms with E-state index >= 15 is 0 Å². The summed E-state index contributed by atoms with van der Waals surface area (Å²) in [4.78, 5) is 9.04. The minimum atomic E-state index is -0.0991. The van der Waals surface area contributed by atoms with Crippen LogP contribution in [0.5, 0.6) is 0 Å². The number of aromatic nitrogens is 2. The topological polar surface area (TPSA) is 47.0 Å². The maximum Gasteiger partial charge on any atom is 0.159 e. The zero-order valence-corrected chi connectivity index (χ0v) is 12.6. The van der Waals surface area contributed by atoms with Crippen LogP contribution in [0.1, 0.15) is 51.2 Å². The molecule has 17 heavy (non-hydrogen) atoms. The van der Waals surface area contributed by atoms with Crippen LogP contribution < -0.4 is 5.32 Å². The van der Waals surface area contributed by atoms with Crippen LogP contribution in [0.4, 0.5) is 5.82 Å². The van der Waals surface area contributed by atoms with Crippen molar-refractivity contribution in [2.45, 2.75) is 39.7 Å². The molecule has 1 aromatic heterocycles. The molecule has 1 rings (SSSR count). The fourth-order valence-corrected chi connectivity index (χ4v) is 2.21. The fourth-order valence-electron chi connectivity index (χ4n) is 1.44. The van der Waals surface area contributed by atoms with Gasteiger partial charge in [-0.2, -0.15) is 0 Å². The molecule has 1 aromatic rings. The molecule has 0 spiro atoms. The van der Waals surface area contributed by atoms with E-state index < -0.39 is 0 Å². The van der Waals surface area contributed by atoms with Gasteiger partial charge in [-0.05, 0) is 35.7 Å². The highest BCUT2D eigenvalue weighted by Gasteiger charge is 2.17. The Hall–Kier alpha value is -0.680.